The molecule has 212 valence electrons. The summed E-state index contributed by atoms with van der Waals surface area (Å²) >= 11 is 1.38. The van der Waals surface area contributed by atoms with Crippen LogP contribution < -0.4 is 22.1 Å². The van der Waals surface area contributed by atoms with E-state index in [9.17, 15) is 29.4 Å². The molecule has 4 aliphatic rings. The molecular weight excluding hydrogens is 514 g/mol. The first-order valence-electron chi connectivity index (χ1n) is 12.4. The van der Waals surface area contributed by atoms with Crippen LogP contribution in [0.1, 0.15) is 34.1 Å². The number of fused-ring (bicyclic) bond motifs is 1. The van der Waals surface area contributed by atoms with E-state index in [1.54, 1.807) is 11.8 Å². The van der Waals surface area contributed by atoms with E-state index in [1.165, 1.54) is 16.7 Å². The van der Waals surface area contributed by atoms with E-state index in [0.717, 1.165) is 0 Å². The third kappa shape index (κ3) is 5.40. The van der Waals surface area contributed by atoms with Crippen LogP contribution in [0.2, 0.25) is 0 Å². The molecule has 4 rings (SSSR count). The number of hydrogen-bond donors (Lipinski definition) is 7. The highest BCUT2D eigenvalue weighted by molar-refractivity contribution is 8.03. The first kappa shape index (κ1) is 29.9. The zero-order chi connectivity index (χ0) is 27.2. The van der Waals surface area contributed by atoms with Crippen LogP contribution in [0.15, 0.2) is 10.6 Å². The molecule has 0 aliphatic carbocycles. The maximum atomic E-state index is 13.1. The van der Waals surface area contributed by atoms with Crippen LogP contribution >= 0.6 is 11.8 Å². The summed E-state index contributed by atoms with van der Waals surface area (Å²) in [5.74, 6) is -3.10. The Kier molecular flexibility index (Phi) is 9.12. The summed E-state index contributed by atoms with van der Waals surface area (Å²) in [4.78, 5) is 53.5. The van der Waals surface area contributed by atoms with Crippen LogP contribution in [0.25, 0.3) is 0 Å². The Bertz CT molecular complexity index is 1040. The van der Waals surface area contributed by atoms with Gasteiger partial charge in [-0.1, -0.05) is 14.4 Å². The normalized spacial score (nSPS) is 32.9. The molecule has 0 aromatic carbocycles. The Morgan fingerprint density at radius 1 is 1.32 bits per heavy atom. The van der Waals surface area contributed by atoms with Crippen LogP contribution in [-0.4, -0.2) is 105 Å². The van der Waals surface area contributed by atoms with Crippen LogP contribution in [0, 0.1) is 23.2 Å². The topological polar surface area (TPSA) is 215 Å². The molecule has 0 bridgehead atoms. The van der Waals surface area contributed by atoms with Crippen molar-refractivity contribution in [2.45, 2.75) is 63.6 Å². The van der Waals surface area contributed by atoms with Gasteiger partial charge in [0.2, 0.25) is 17.7 Å². The number of carboxylic acids is 1. The predicted molar refractivity (Wildman–Crippen MR) is 142 cm³/mol. The van der Waals surface area contributed by atoms with Gasteiger partial charge in [-0.15, -0.1) is 11.8 Å². The monoisotopic (exact) mass is 553 g/mol. The third-order valence-electron chi connectivity index (χ3n) is 7.79. The number of aliphatic carboxylic acids is 1. The van der Waals surface area contributed by atoms with Crippen molar-refractivity contribution in [2.24, 2.45) is 29.2 Å². The van der Waals surface area contributed by atoms with Crippen molar-refractivity contribution in [3.05, 3.63) is 10.6 Å². The fourth-order valence-electron chi connectivity index (χ4n) is 6.00. The van der Waals surface area contributed by atoms with Gasteiger partial charge in [-0.3, -0.25) is 19.8 Å². The number of amidine groups is 1. The lowest BCUT2D eigenvalue weighted by Gasteiger charge is -2.47. The lowest BCUT2D eigenvalue weighted by Crippen LogP contribution is -2.66. The fraction of sp³-hybridized carbons (Fsp3) is 0.708. The molecule has 0 spiro atoms. The Balaban J connectivity index is 0.00000400. The molecule has 13 nitrogen and oxygen atoms in total. The number of nitrogens with two attached hydrogens (primary N) is 2. The maximum Gasteiger partial charge on any atom is 0.353 e. The highest BCUT2D eigenvalue weighted by Gasteiger charge is 2.60. The van der Waals surface area contributed by atoms with E-state index in [1.807, 2.05) is 6.92 Å². The Labute approximate surface area is 226 Å². The number of thioether (sulfide) groups is 1. The van der Waals surface area contributed by atoms with Gasteiger partial charge in [0.15, 0.2) is 0 Å². The summed E-state index contributed by atoms with van der Waals surface area (Å²) < 4.78 is 0. The minimum absolute atomic E-state index is 0. The summed E-state index contributed by atoms with van der Waals surface area (Å²) in [6.07, 6.45) is -0.0203. The van der Waals surface area contributed by atoms with Crippen molar-refractivity contribution in [3.63, 3.8) is 0 Å². The van der Waals surface area contributed by atoms with E-state index >= 15 is 0 Å². The van der Waals surface area contributed by atoms with Crippen molar-refractivity contribution in [2.75, 3.05) is 26.2 Å². The summed E-state index contributed by atoms with van der Waals surface area (Å²) in [5, 5.41) is 33.5. The first-order chi connectivity index (χ1) is 17.4. The first-order valence-corrected chi connectivity index (χ1v) is 13.3. The van der Waals surface area contributed by atoms with Gasteiger partial charge in [-0.05, 0) is 13.3 Å². The number of β-amino-alcohol motifs (C(OH)–C–C–N with tert-alkyl or cyclic N) is 1. The molecule has 0 aromatic rings. The molecule has 3 fully saturated rings. The Morgan fingerprint density at radius 3 is 2.61 bits per heavy atom. The average molecular weight is 554 g/mol. The molecule has 8 atom stereocenters. The molecule has 9 N–H and O–H groups in total. The lowest BCUT2D eigenvalue weighted by molar-refractivity contribution is -0.158. The minimum Gasteiger partial charge on any atom is -0.477 e. The largest absolute Gasteiger partial charge is 0.477 e. The molecule has 0 unspecified atom stereocenters. The number of carbonyl (C=O) groups excluding carboxylic acids is 3. The van der Waals surface area contributed by atoms with Gasteiger partial charge in [-0.25, -0.2) is 4.79 Å². The number of amides is 3. The molecule has 14 heteroatoms. The highest BCUT2D eigenvalue weighted by atomic mass is 32.2. The molecular formula is C24H39N7O6S. The van der Waals surface area contributed by atoms with Gasteiger partial charge < -0.3 is 42.1 Å². The van der Waals surface area contributed by atoms with E-state index in [0.29, 0.717) is 24.4 Å². The zero-order valence-corrected chi connectivity index (χ0v) is 21.7. The molecule has 0 aromatic heterocycles. The van der Waals surface area contributed by atoms with Crippen LogP contribution in [0.5, 0.6) is 0 Å². The summed E-state index contributed by atoms with van der Waals surface area (Å²) in [5.41, 5.74) is 10.8. The van der Waals surface area contributed by atoms with Crippen molar-refractivity contribution >= 4 is 41.3 Å². The van der Waals surface area contributed by atoms with Crippen LogP contribution in [0.4, 0.5) is 0 Å². The lowest BCUT2D eigenvalue weighted by atomic mass is 9.78. The number of hydrogen-bond acceptors (Lipinski definition) is 9. The van der Waals surface area contributed by atoms with Crippen molar-refractivity contribution in [1.29, 1.82) is 5.41 Å². The minimum atomic E-state index is -1.18. The van der Waals surface area contributed by atoms with E-state index in [4.69, 9.17) is 16.9 Å². The van der Waals surface area contributed by atoms with Crippen LogP contribution in [0.3, 0.4) is 0 Å². The number of carbonyl (C=O) groups is 4. The summed E-state index contributed by atoms with van der Waals surface area (Å²) in [7, 11) is 0. The number of nitrogens with zero attached hydrogens (tertiary/aromatic N) is 2. The number of β-lactam (4-membered cyclic amide) rings is 1. The van der Waals surface area contributed by atoms with E-state index < -0.39 is 30.1 Å². The zero-order valence-electron chi connectivity index (χ0n) is 20.8. The molecule has 3 amide bonds. The van der Waals surface area contributed by atoms with Crippen molar-refractivity contribution in [3.8, 4) is 0 Å². The van der Waals surface area contributed by atoms with E-state index in [-0.39, 0.29) is 79.3 Å². The number of carboxylic acid groups (broad SMARTS) is 1. The Hall–Kier alpha value is -2.68. The van der Waals surface area contributed by atoms with Gasteiger partial charge in [0.1, 0.15) is 5.70 Å². The van der Waals surface area contributed by atoms with Crippen LogP contribution in [-0.2, 0) is 19.2 Å². The standard InChI is InChI=1S/C23H35N7O6S.CH4/c1-9-18-17(10(2)28-16(32)5-24)22(34)30(18)19(23(35)36)20(9)37-12-4-13(27-6-12)21(33)29-7-11(3-15(25)26)14(31)8-29;/h9-14,17-18,27,31H,3-8,24H2,1-2H3,(H3,25,26)(H,28,32)(H,35,36);1H4/t9-,10-,11-,12+,13+,14-,17-,18-;/m1./s1. The molecule has 4 heterocycles. The maximum absolute atomic E-state index is 13.1. The third-order valence-corrected chi connectivity index (χ3v) is 9.30. The summed E-state index contributed by atoms with van der Waals surface area (Å²) in [6, 6.07) is -1.32. The van der Waals surface area contributed by atoms with Gasteiger partial charge in [0.25, 0.3) is 0 Å². The molecule has 0 saturated carbocycles. The molecule has 3 saturated heterocycles. The average Bonchev–Trinajstić information content (AvgIpc) is 3.50. The second-order valence-electron chi connectivity index (χ2n) is 10.3. The van der Waals surface area contributed by atoms with Gasteiger partial charge in [0, 0.05) is 54.1 Å². The summed E-state index contributed by atoms with van der Waals surface area (Å²) in [6.45, 7) is 4.43. The molecule has 4 aliphatic heterocycles. The number of rotatable bonds is 9. The molecule has 38 heavy (non-hydrogen) atoms. The number of likely N-dealkylation sites (tertiary alicyclic amines) is 1. The molecule has 0 radical (unpaired) electrons. The number of aliphatic hydroxyl groups is 1. The van der Waals surface area contributed by atoms with Crippen molar-refractivity contribution in [1.82, 2.24) is 20.4 Å². The second kappa shape index (κ2) is 11.6. The fourth-order valence-corrected chi connectivity index (χ4v) is 7.48. The second-order valence-corrected chi connectivity index (χ2v) is 11.7. The SMILES string of the molecule is C.C[C@@H](NC(=O)CN)[C@H]1C(=O)N2C(C(=O)O)=C(S[C@@H]3CN[C@H](C(=O)N4C[C@@H](CC(=N)N)[C@H](O)C4)C3)[C@H](C)[C@H]12. The van der Waals surface area contributed by atoms with Gasteiger partial charge in [0.05, 0.1) is 36.5 Å². The highest BCUT2D eigenvalue weighted by Crippen LogP contribution is 2.51. The predicted octanol–water partition coefficient (Wildman–Crippen LogP) is -1.53. The van der Waals surface area contributed by atoms with Gasteiger partial charge >= 0.3 is 5.97 Å². The smallest absolute Gasteiger partial charge is 0.353 e. The van der Waals surface area contributed by atoms with E-state index in [2.05, 4.69) is 10.6 Å². The van der Waals surface area contributed by atoms with Crippen molar-refractivity contribution < 1.29 is 29.4 Å². The number of aliphatic hydroxyl groups excluding tert-OH is 1. The number of nitrogens with one attached hydrogen (secondary N) is 3. The van der Waals surface area contributed by atoms with Gasteiger partial charge in [-0.2, -0.15) is 0 Å². The Morgan fingerprint density at radius 2 is 2.00 bits per heavy atom. The quantitative estimate of drug-likeness (QED) is 0.0993.